The van der Waals surface area contributed by atoms with Gasteiger partial charge in [0.25, 0.3) is 0 Å². The van der Waals surface area contributed by atoms with Gasteiger partial charge in [-0.2, -0.15) is 0 Å². The van der Waals surface area contributed by atoms with Gasteiger partial charge in [0.05, 0.1) is 0 Å². The molecule has 0 nitrogen and oxygen atoms in total. The Bertz CT molecular complexity index is 72.5. The van der Waals surface area contributed by atoms with E-state index < -0.39 is 0 Å². The fraction of sp³-hybridized carbons (Fsp3) is 1.00. The van der Waals surface area contributed by atoms with E-state index in [2.05, 4.69) is 0 Å². The molecule has 0 amide bonds. The Morgan fingerprint density at radius 2 is 1.88 bits per heavy atom. The second-order valence-electron chi connectivity index (χ2n) is 2.75. The van der Waals surface area contributed by atoms with Crippen LogP contribution < -0.4 is 0 Å². The van der Waals surface area contributed by atoms with Crippen LogP contribution in [0.2, 0.25) is 10.8 Å². The van der Waals surface area contributed by atoms with Crippen LogP contribution in [0.25, 0.3) is 0 Å². The van der Waals surface area contributed by atoms with Gasteiger partial charge in [-0.1, -0.05) is 30.1 Å². The minimum Gasteiger partial charge on any atom is -0.0691 e. The lowest BCUT2D eigenvalue weighted by molar-refractivity contribution is 0.327. The highest BCUT2D eigenvalue weighted by Crippen LogP contribution is 2.39. The van der Waals surface area contributed by atoms with Gasteiger partial charge in [0, 0.05) is 19.0 Å². The van der Waals surface area contributed by atoms with Gasteiger partial charge in [-0.25, -0.2) is 0 Å². The van der Waals surface area contributed by atoms with E-state index in [1.165, 1.54) is 36.5 Å². The molecule has 0 aromatic heterocycles. The molecule has 2 fully saturated rings. The molecule has 0 spiro atoms. The molecule has 2 aliphatic rings. The molecule has 42 valence electrons. The highest BCUT2D eigenvalue weighted by atomic mass is 28.3. The maximum Gasteiger partial charge on any atom is 0.0346 e. The highest BCUT2D eigenvalue weighted by Gasteiger charge is 2.31. The zero-order valence-electron chi connectivity index (χ0n) is 4.98. The summed E-state index contributed by atoms with van der Waals surface area (Å²) in [6.07, 6.45) is 4.69. The molecule has 2 rings (SSSR count). The van der Waals surface area contributed by atoms with Crippen LogP contribution in [0.5, 0.6) is 0 Å². The molecule has 1 aliphatic carbocycles. The van der Waals surface area contributed by atoms with Gasteiger partial charge in [-0.15, -0.1) is 0 Å². The van der Waals surface area contributed by atoms with Crippen molar-refractivity contribution in [3.63, 3.8) is 0 Å². The second kappa shape index (κ2) is 1.99. The average Bonchev–Trinajstić information content (AvgIpc) is 1.47. The molecule has 0 atom stereocenters. The molecule has 4 radical (unpaired) electrons. The van der Waals surface area contributed by atoms with Gasteiger partial charge >= 0.3 is 0 Å². The van der Waals surface area contributed by atoms with Crippen molar-refractivity contribution in [2.75, 3.05) is 0 Å². The van der Waals surface area contributed by atoms with Crippen LogP contribution >= 0.6 is 0 Å². The fourth-order valence-corrected chi connectivity index (χ4v) is 4.42. The first-order chi connectivity index (χ1) is 3.97. The van der Waals surface area contributed by atoms with E-state index in [1.807, 2.05) is 0 Å². The predicted molar refractivity (Wildman–Crippen MR) is 37.4 cm³/mol. The van der Waals surface area contributed by atoms with Crippen LogP contribution in [0.3, 0.4) is 0 Å². The maximum atomic E-state index is 1.58. The molecule has 8 heavy (non-hydrogen) atoms. The molecule has 1 heterocycles. The zero-order chi connectivity index (χ0) is 5.40. The van der Waals surface area contributed by atoms with Crippen molar-refractivity contribution in [2.24, 2.45) is 5.92 Å². The molecule has 0 aromatic carbocycles. The van der Waals surface area contributed by atoms with Crippen molar-refractivity contribution in [3.8, 4) is 0 Å². The van der Waals surface area contributed by atoms with Gasteiger partial charge < -0.3 is 0 Å². The summed E-state index contributed by atoms with van der Waals surface area (Å²) in [7, 11) is 2.73. The van der Waals surface area contributed by atoms with E-state index in [4.69, 9.17) is 0 Å². The first-order valence-electron chi connectivity index (χ1n) is 3.43. The van der Waals surface area contributed by atoms with E-state index in [0.717, 1.165) is 0 Å². The lowest BCUT2D eigenvalue weighted by atomic mass is 9.87. The second-order valence-corrected chi connectivity index (χ2v) is 6.81. The molecule has 1 saturated heterocycles. The van der Waals surface area contributed by atoms with E-state index in [-0.39, 0.29) is 0 Å². The topological polar surface area (TPSA) is 0 Å². The molecule has 0 N–H and O–H groups in total. The van der Waals surface area contributed by atoms with Crippen LogP contribution in [0.4, 0.5) is 0 Å². The smallest absolute Gasteiger partial charge is 0.0346 e. The first kappa shape index (κ1) is 5.24. The molecule has 1 saturated carbocycles. The number of rotatable bonds is 1. The SMILES string of the molecule is C1CC(C2[Si]C[Si]2)C1. The van der Waals surface area contributed by atoms with Crippen LogP contribution in [0, 0.1) is 5.92 Å². The Morgan fingerprint density at radius 3 is 2.00 bits per heavy atom. The third kappa shape index (κ3) is 0.703. The molecule has 0 unspecified atom stereocenters. The normalized spacial score (nSPS) is 31.5. The minimum atomic E-state index is 1.21. The van der Waals surface area contributed by atoms with Gasteiger partial charge in [0.1, 0.15) is 0 Å². The molecular formula is C6H10Si2. The molecule has 1 aliphatic heterocycles. The zero-order valence-corrected chi connectivity index (χ0v) is 6.98. The Balaban J connectivity index is 1.79. The minimum absolute atomic E-state index is 1.21. The van der Waals surface area contributed by atoms with Gasteiger partial charge in [0.2, 0.25) is 0 Å². The largest absolute Gasteiger partial charge is 0.0691 e. The molecule has 0 bridgehead atoms. The first-order valence-corrected chi connectivity index (χ1v) is 6.00. The summed E-state index contributed by atoms with van der Waals surface area (Å²) in [5, 5.41) is 1.24. The molecule has 2 heteroatoms. The predicted octanol–water partition coefficient (Wildman–Crippen LogP) is 1.33. The van der Waals surface area contributed by atoms with Crippen LogP contribution in [-0.2, 0) is 0 Å². The summed E-state index contributed by atoms with van der Waals surface area (Å²) in [4.78, 5) is 0. The summed E-state index contributed by atoms with van der Waals surface area (Å²) in [6.45, 7) is 0. The van der Waals surface area contributed by atoms with Gasteiger partial charge in [0.15, 0.2) is 0 Å². The number of hydrogen-bond acceptors (Lipinski definition) is 0. The lowest BCUT2D eigenvalue weighted by Crippen LogP contribution is -2.34. The van der Waals surface area contributed by atoms with Crippen LogP contribution in [0.1, 0.15) is 19.3 Å². The third-order valence-electron chi connectivity index (χ3n) is 2.27. The summed E-state index contributed by atoms with van der Waals surface area (Å²) in [5.74, 6) is 1.21. The Labute approximate surface area is 55.7 Å². The van der Waals surface area contributed by atoms with Gasteiger partial charge in [-0.3, -0.25) is 0 Å². The van der Waals surface area contributed by atoms with Crippen molar-refractivity contribution in [1.29, 1.82) is 0 Å². The van der Waals surface area contributed by atoms with Crippen molar-refractivity contribution in [2.45, 2.75) is 30.1 Å². The Kier molecular flexibility index (Phi) is 1.30. The van der Waals surface area contributed by atoms with E-state index in [9.17, 15) is 0 Å². The summed E-state index contributed by atoms with van der Waals surface area (Å²) in [5.41, 5.74) is 1.58. The van der Waals surface area contributed by atoms with E-state index >= 15 is 0 Å². The van der Waals surface area contributed by atoms with Crippen molar-refractivity contribution in [1.82, 2.24) is 0 Å². The fourth-order valence-electron chi connectivity index (χ4n) is 1.33. The molecular weight excluding hydrogens is 128 g/mol. The summed E-state index contributed by atoms with van der Waals surface area (Å²) >= 11 is 0. The van der Waals surface area contributed by atoms with Crippen LogP contribution in [0.15, 0.2) is 0 Å². The molecule has 0 aromatic rings. The van der Waals surface area contributed by atoms with Crippen LogP contribution in [-0.4, -0.2) is 19.0 Å². The quantitative estimate of drug-likeness (QED) is 0.480. The van der Waals surface area contributed by atoms with Crippen molar-refractivity contribution >= 4 is 19.0 Å². The van der Waals surface area contributed by atoms with Crippen molar-refractivity contribution in [3.05, 3.63) is 0 Å². The monoisotopic (exact) mass is 138 g/mol. The Morgan fingerprint density at radius 1 is 1.12 bits per heavy atom. The number of hydrogen-bond donors (Lipinski definition) is 0. The summed E-state index contributed by atoms with van der Waals surface area (Å²) < 4.78 is 0. The lowest BCUT2D eigenvalue weighted by Gasteiger charge is -2.38. The van der Waals surface area contributed by atoms with E-state index in [1.54, 1.807) is 18.5 Å². The highest BCUT2D eigenvalue weighted by molar-refractivity contribution is 6.77. The van der Waals surface area contributed by atoms with E-state index in [0.29, 0.717) is 0 Å². The standard InChI is InChI=1S/C6H10Si2/c1-2-5(3-1)6-7-4-8-6/h5-6H,1-4H2. The summed E-state index contributed by atoms with van der Waals surface area (Å²) in [6, 6.07) is 0. The Hall–Kier alpha value is 0.434. The third-order valence-corrected chi connectivity index (χ3v) is 6.95. The van der Waals surface area contributed by atoms with Crippen molar-refractivity contribution < 1.29 is 0 Å². The maximum absolute atomic E-state index is 1.58. The average molecular weight is 138 g/mol. The van der Waals surface area contributed by atoms with Gasteiger partial charge in [-0.05, 0) is 5.92 Å².